The molecule has 1 fully saturated rings. The van der Waals surface area contributed by atoms with E-state index in [1.165, 1.54) is 44.9 Å². The lowest BCUT2D eigenvalue weighted by Crippen LogP contribution is -2.37. The normalized spacial score (nSPS) is 16.5. The monoisotopic (exact) mass is 328 g/mol. The Labute approximate surface area is 143 Å². The summed E-state index contributed by atoms with van der Waals surface area (Å²) in [6.07, 6.45) is 11.6. The molecule has 1 aliphatic carbocycles. The summed E-state index contributed by atoms with van der Waals surface area (Å²) in [4.78, 5) is 4.29. The Morgan fingerprint density at radius 1 is 1.21 bits per heavy atom. The highest BCUT2D eigenvalue weighted by Gasteiger charge is 2.12. The summed E-state index contributed by atoms with van der Waals surface area (Å²) in [6, 6.07) is 5.90. The third kappa shape index (κ3) is 4.46. The zero-order chi connectivity index (χ0) is 16.6. The van der Waals surface area contributed by atoms with Crippen LogP contribution in [-0.2, 0) is 6.54 Å². The molecule has 2 aromatic heterocycles. The molecule has 0 radical (unpaired) electrons. The smallest absolute Gasteiger partial charge is 0.191 e. The number of fused-ring (bicyclic) bond motifs is 1. The van der Waals surface area contributed by atoms with Crippen LogP contribution in [0.3, 0.4) is 0 Å². The predicted molar refractivity (Wildman–Crippen MR) is 97.0 cm³/mol. The quantitative estimate of drug-likeness (QED) is 0.486. The highest BCUT2D eigenvalue weighted by Crippen LogP contribution is 2.26. The summed E-state index contributed by atoms with van der Waals surface area (Å²) in [5, 5.41) is 15.1. The van der Waals surface area contributed by atoms with Crippen LogP contribution in [0.1, 0.15) is 50.8 Å². The Kier molecular flexibility index (Phi) is 6.04. The number of pyridine rings is 1. The maximum Gasteiger partial charge on any atom is 0.191 e. The molecule has 2 aromatic rings. The van der Waals surface area contributed by atoms with Gasteiger partial charge in [0.15, 0.2) is 17.4 Å². The fraction of sp³-hybridized carbons (Fsp3) is 0.611. The number of nitrogens with zero attached hydrogens (tertiary/aromatic N) is 4. The number of guanidine groups is 1. The van der Waals surface area contributed by atoms with E-state index >= 15 is 0 Å². The molecule has 0 atom stereocenters. The van der Waals surface area contributed by atoms with Crippen molar-refractivity contribution in [3.8, 4) is 0 Å². The average molecular weight is 328 g/mol. The molecule has 6 nitrogen and oxygen atoms in total. The summed E-state index contributed by atoms with van der Waals surface area (Å²) >= 11 is 0. The lowest BCUT2D eigenvalue weighted by Gasteiger charge is -2.21. The molecule has 0 spiro atoms. The van der Waals surface area contributed by atoms with Gasteiger partial charge in [0, 0.05) is 19.8 Å². The van der Waals surface area contributed by atoms with Crippen molar-refractivity contribution in [3.05, 3.63) is 30.2 Å². The van der Waals surface area contributed by atoms with Crippen LogP contribution in [0.5, 0.6) is 0 Å². The number of hydrogen-bond acceptors (Lipinski definition) is 3. The first-order valence-electron chi connectivity index (χ1n) is 9.10. The van der Waals surface area contributed by atoms with E-state index in [-0.39, 0.29) is 0 Å². The Morgan fingerprint density at radius 3 is 2.92 bits per heavy atom. The Bertz CT molecular complexity index is 656. The van der Waals surface area contributed by atoms with Gasteiger partial charge in [0.25, 0.3) is 0 Å². The molecule has 6 heteroatoms. The van der Waals surface area contributed by atoms with Crippen molar-refractivity contribution >= 4 is 11.6 Å². The highest BCUT2D eigenvalue weighted by atomic mass is 15.3. The largest absolute Gasteiger partial charge is 0.356 e. The van der Waals surface area contributed by atoms with Crippen molar-refractivity contribution in [1.82, 2.24) is 25.2 Å². The van der Waals surface area contributed by atoms with Crippen LogP contribution in [0.15, 0.2) is 29.4 Å². The molecule has 0 aliphatic heterocycles. The minimum atomic E-state index is 0.605. The summed E-state index contributed by atoms with van der Waals surface area (Å²) in [6.45, 7) is 1.57. The van der Waals surface area contributed by atoms with E-state index < -0.39 is 0 Å². The van der Waals surface area contributed by atoms with E-state index in [2.05, 4.69) is 25.8 Å². The van der Waals surface area contributed by atoms with E-state index in [1.807, 2.05) is 28.8 Å². The Balaban J connectivity index is 1.40. The average Bonchev–Trinajstić information content (AvgIpc) is 3.05. The van der Waals surface area contributed by atoms with Crippen molar-refractivity contribution < 1.29 is 0 Å². The molecule has 0 unspecified atom stereocenters. The second-order valence-electron chi connectivity index (χ2n) is 6.54. The van der Waals surface area contributed by atoms with Crippen LogP contribution in [0.2, 0.25) is 0 Å². The number of rotatable bonds is 6. The number of hydrogen-bond donors (Lipinski definition) is 2. The van der Waals surface area contributed by atoms with Gasteiger partial charge >= 0.3 is 0 Å². The molecule has 0 saturated heterocycles. The van der Waals surface area contributed by atoms with Crippen LogP contribution in [-0.4, -0.2) is 34.2 Å². The van der Waals surface area contributed by atoms with Crippen LogP contribution in [0.4, 0.5) is 0 Å². The molecule has 1 saturated carbocycles. The zero-order valence-electron chi connectivity index (χ0n) is 14.5. The van der Waals surface area contributed by atoms with Gasteiger partial charge in [-0.1, -0.05) is 38.2 Å². The lowest BCUT2D eigenvalue weighted by atomic mass is 9.86. The van der Waals surface area contributed by atoms with E-state index in [9.17, 15) is 0 Å². The van der Waals surface area contributed by atoms with Crippen molar-refractivity contribution in [2.75, 3.05) is 13.6 Å². The van der Waals surface area contributed by atoms with Crippen molar-refractivity contribution in [3.63, 3.8) is 0 Å². The predicted octanol–water partition coefficient (Wildman–Crippen LogP) is 2.75. The fourth-order valence-corrected chi connectivity index (χ4v) is 3.47. The minimum Gasteiger partial charge on any atom is -0.356 e. The fourth-order valence-electron chi connectivity index (χ4n) is 3.47. The molecule has 3 rings (SSSR count). The Hall–Kier alpha value is -2.11. The van der Waals surface area contributed by atoms with Gasteiger partial charge in [0.05, 0.1) is 6.54 Å². The molecule has 2 heterocycles. The van der Waals surface area contributed by atoms with Crippen LogP contribution in [0, 0.1) is 5.92 Å². The van der Waals surface area contributed by atoms with E-state index in [0.29, 0.717) is 6.54 Å². The number of nitrogens with one attached hydrogen (secondary N) is 2. The van der Waals surface area contributed by atoms with Gasteiger partial charge in [-0.3, -0.25) is 9.39 Å². The first-order valence-corrected chi connectivity index (χ1v) is 9.10. The summed E-state index contributed by atoms with van der Waals surface area (Å²) in [7, 11) is 1.80. The third-order valence-electron chi connectivity index (χ3n) is 4.83. The maximum absolute atomic E-state index is 4.29. The standard InChI is InChI=1S/C18H28N6/c1-19-18(20-12-7-10-15-8-3-2-4-9-15)21-14-17-23-22-16-11-5-6-13-24(16)17/h5-6,11,13,15H,2-4,7-10,12,14H2,1H3,(H2,19,20,21). The van der Waals surface area contributed by atoms with Gasteiger partial charge < -0.3 is 10.6 Å². The van der Waals surface area contributed by atoms with Gasteiger partial charge in [-0.15, -0.1) is 10.2 Å². The number of aromatic nitrogens is 3. The van der Waals surface area contributed by atoms with E-state index in [4.69, 9.17) is 0 Å². The molecule has 0 aromatic carbocycles. The molecule has 2 N–H and O–H groups in total. The van der Waals surface area contributed by atoms with Crippen LogP contribution >= 0.6 is 0 Å². The molecule has 0 bridgehead atoms. The van der Waals surface area contributed by atoms with Crippen LogP contribution in [0.25, 0.3) is 5.65 Å². The second-order valence-corrected chi connectivity index (χ2v) is 6.54. The molecule has 0 amide bonds. The SMILES string of the molecule is CN=C(NCCCC1CCCCC1)NCc1nnc2ccccn12. The van der Waals surface area contributed by atoms with Crippen LogP contribution < -0.4 is 10.6 Å². The number of aliphatic imine (C=N–C) groups is 1. The highest BCUT2D eigenvalue weighted by molar-refractivity contribution is 5.79. The third-order valence-corrected chi connectivity index (χ3v) is 4.83. The molecule has 24 heavy (non-hydrogen) atoms. The lowest BCUT2D eigenvalue weighted by molar-refractivity contribution is 0.332. The molecular formula is C18H28N6. The van der Waals surface area contributed by atoms with Gasteiger partial charge in [-0.25, -0.2) is 0 Å². The molecule has 1 aliphatic rings. The van der Waals surface area contributed by atoms with E-state index in [0.717, 1.165) is 29.9 Å². The summed E-state index contributed by atoms with van der Waals surface area (Å²) in [5.74, 6) is 2.65. The minimum absolute atomic E-state index is 0.605. The van der Waals surface area contributed by atoms with Crippen molar-refractivity contribution in [2.45, 2.75) is 51.5 Å². The van der Waals surface area contributed by atoms with Crippen molar-refractivity contribution in [1.29, 1.82) is 0 Å². The first kappa shape index (κ1) is 16.7. The van der Waals surface area contributed by atoms with Gasteiger partial charge in [-0.2, -0.15) is 0 Å². The van der Waals surface area contributed by atoms with Gasteiger partial charge in [0.2, 0.25) is 0 Å². The van der Waals surface area contributed by atoms with E-state index in [1.54, 1.807) is 7.05 Å². The molecule has 130 valence electrons. The molecular weight excluding hydrogens is 300 g/mol. The topological polar surface area (TPSA) is 66.6 Å². The zero-order valence-corrected chi connectivity index (χ0v) is 14.5. The first-order chi connectivity index (χ1) is 11.9. The Morgan fingerprint density at radius 2 is 2.08 bits per heavy atom. The maximum atomic E-state index is 4.29. The summed E-state index contributed by atoms with van der Waals surface area (Å²) in [5.41, 5.74) is 0.865. The van der Waals surface area contributed by atoms with Gasteiger partial charge in [-0.05, 0) is 30.9 Å². The van der Waals surface area contributed by atoms with Gasteiger partial charge in [0.1, 0.15) is 0 Å². The second kappa shape index (κ2) is 8.66. The summed E-state index contributed by atoms with van der Waals surface area (Å²) < 4.78 is 1.99. The van der Waals surface area contributed by atoms with Crippen molar-refractivity contribution in [2.24, 2.45) is 10.9 Å².